The van der Waals surface area contributed by atoms with E-state index in [1.807, 2.05) is 20.9 Å². The highest BCUT2D eigenvalue weighted by molar-refractivity contribution is 4.70. The maximum absolute atomic E-state index is 9.69. The van der Waals surface area contributed by atoms with Crippen LogP contribution in [0.25, 0.3) is 0 Å². The van der Waals surface area contributed by atoms with Gasteiger partial charge in [-0.25, -0.2) is 0 Å². The van der Waals surface area contributed by atoms with E-state index in [1.165, 1.54) is 38.5 Å². The predicted molar refractivity (Wildman–Crippen MR) is 71.2 cm³/mol. The molecule has 3 heteroatoms. The van der Waals surface area contributed by atoms with Crippen LogP contribution in [0, 0.1) is 0 Å². The third-order valence-electron chi connectivity index (χ3n) is 3.29. The average Bonchev–Trinajstić information content (AvgIpc) is 2.43. The SMILES string of the molecule is CN(CCOC1CCCCCC1)CC(C)(C)O. The Morgan fingerprint density at radius 2 is 1.76 bits per heavy atom. The Balaban J connectivity index is 2.09. The van der Waals surface area contributed by atoms with Gasteiger partial charge in [-0.05, 0) is 33.7 Å². The smallest absolute Gasteiger partial charge is 0.0718 e. The summed E-state index contributed by atoms with van der Waals surface area (Å²) in [5, 5.41) is 9.69. The zero-order valence-electron chi connectivity index (χ0n) is 11.7. The number of hydrogen-bond donors (Lipinski definition) is 1. The van der Waals surface area contributed by atoms with Gasteiger partial charge in [-0.15, -0.1) is 0 Å². The Hall–Kier alpha value is -0.120. The zero-order chi connectivity index (χ0) is 12.7. The molecule has 17 heavy (non-hydrogen) atoms. The number of hydrogen-bond acceptors (Lipinski definition) is 3. The first-order chi connectivity index (χ1) is 7.97. The van der Waals surface area contributed by atoms with E-state index in [4.69, 9.17) is 4.74 Å². The molecule has 0 radical (unpaired) electrons. The Bertz CT molecular complexity index is 193. The van der Waals surface area contributed by atoms with Gasteiger partial charge in [-0.2, -0.15) is 0 Å². The molecule has 0 aromatic rings. The van der Waals surface area contributed by atoms with E-state index in [2.05, 4.69) is 4.90 Å². The van der Waals surface area contributed by atoms with Crippen molar-refractivity contribution < 1.29 is 9.84 Å². The molecular formula is C14H29NO2. The van der Waals surface area contributed by atoms with Crippen LogP contribution in [-0.4, -0.2) is 48.5 Å². The maximum atomic E-state index is 9.69. The normalized spacial score (nSPS) is 19.6. The van der Waals surface area contributed by atoms with E-state index >= 15 is 0 Å². The fourth-order valence-corrected chi connectivity index (χ4v) is 2.52. The number of ether oxygens (including phenoxy) is 1. The lowest BCUT2D eigenvalue weighted by Gasteiger charge is -2.26. The van der Waals surface area contributed by atoms with Crippen molar-refractivity contribution in [3.63, 3.8) is 0 Å². The lowest BCUT2D eigenvalue weighted by atomic mass is 10.1. The summed E-state index contributed by atoms with van der Waals surface area (Å²) in [5.41, 5.74) is -0.614. The number of aliphatic hydroxyl groups is 1. The second-order valence-electron chi connectivity index (χ2n) is 6.03. The number of rotatable bonds is 6. The van der Waals surface area contributed by atoms with Gasteiger partial charge in [0, 0.05) is 13.1 Å². The first-order valence-electron chi connectivity index (χ1n) is 7.00. The topological polar surface area (TPSA) is 32.7 Å². The molecule has 1 aliphatic carbocycles. The van der Waals surface area contributed by atoms with E-state index in [9.17, 15) is 5.11 Å². The Morgan fingerprint density at radius 1 is 1.18 bits per heavy atom. The van der Waals surface area contributed by atoms with Gasteiger partial charge in [0.1, 0.15) is 0 Å². The minimum atomic E-state index is -0.614. The summed E-state index contributed by atoms with van der Waals surface area (Å²) in [6.45, 7) is 6.07. The van der Waals surface area contributed by atoms with Crippen LogP contribution in [0.4, 0.5) is 0 Å². The van der Waals surface area contributed by atoms with Crippen molar-refractivity contribution in [2.24, 2.45) is 0 Å². The zero-order valence-corrected chi connectivity index (χ0v) is 11.7. The quantitative estimate of drug-likeness (QED) is 0.727. The fraction of sp³-hybridized carbons (Fsp3) is 1.00. The summed E-state index contributed by atoms with van der Waals surface area (Å²) < 4.78 is 5.92. The van der Waals surface area contributed by atoms with Gasteiger partial charge in [-0.1, -0.05) is 25.7 Å². The van der Waals surface area contributed by atoms with E-state index in [-0.39, 0.29) is 0 Å². The largest absolute Gasteiger partial charge is 0.389 e. The second kappa shape index (κ2) is 7.34. The van der Waals surface area contributed by atoms with Gasteiger partial charge < -0.3 is 14.7 Å². The molecule has 3 nitrogen and oxygen atoms in total. The molecule has 0 heterocycles. The molecule has 0 unspecified atom stereocenters. The third-order valence-corrected chi connectivity index (χ3v) is 3.29. The van der Waals surface area contributed by atoms with Gasteiger partial charge in [0.25, 0.3) is 0 Å². The Kier molecular flexibility index (Phi) is 6.45. The van der Waals surface area contributed by atoms with E-state index in [1.54, 1.807) is 0 Å². The van der Waals surface area contributed by atoms with Crippen LogP contribution in [0.1, 0.15) is 52.4 Å². The van der Waals surface area contributed by atoms with Crippen LogP contribution >= 0.6 is 0 Å². The van der Waals surface area contributed by atoms with Crippen LogP contribution in [-0.2, 0) is 4.74 Å². The molecule has 1 aliphatic rings. The summed E-state index contributed by atoms with van der Waals surface area (Å²) in [5.74, 6) is 0. The Morgan fingerprint density at radius 3 is 2.29 bits per heavy atom. The third kappa shape index (κ3) is 7.74. The summed E-state index contributed by atoms with van der Waals surface area (Å²) >= 11 is 0. The lowest BCUT2D eigenvalue weighted by molar-refractivity contribution is 0.00950. The predicted octanol–water partition coefficient (Wildman–Crippen LogP) is 2.43. The van der Waals surface area contributed by atoms with Gasteiger partial charge in [-0.3, -0.25) is 0 Å². The summed E-state index contributed by atoms with van der Waals surface area (Å²) in [4.78, 5) is 2.14. The lowest BCUT2D eigenvalue weighted by Crippen LogP contribution is -2.38. The molecule has 0 aromatic heterocycles. The maximum Gasteiger partial charge on any atom is 0.0718 e. The molecule has 0 spiro atoms. The van der Waals surface area contributed by atoms with Crippen LogP contribution in [0.5, 0.6) is 0 Å². The second-order valence-corrected chi connectivity index (χ2v) is 6.03. The van der Waals surface area contributed by atoms with Crippen LogP contribution in [0.15, 0.2) is 0 Å². The fourth-order valence-electron chi connectivity index (χ4n) is 2.52. The average molecular weight is 243 g/mol. The highest BCUT2D eigenvalue weighted by Crippen LogP contribution is 2.19. The minimum Gasteiger partial charge on any atom is -0.389 e. The van der Waals surface area contributed by atoms with Crippen molar-refractivity contribution in [3.8, 4) is 0 Å². The molecule has 0 atom stereocenters. The molecule has 0 aromatic carbocycles. The molecule has 1 fully saturated rings. The first kappa shape index (κ1) is 14.9. The van der Waals surface area contributed by atoms with E-state index < -0.39 is 5.60 Å². The summed E-state index contributed by atoms with van der Waals surface area (Å²) in [6, 6.07) is 0. The molecular weight excluding hydrogens is 214 g/mol. The Labute approximate surface area is 106 Å². The van der Waals surface area contributed by atoms with Crippen molar-refractivity contribution in [3.05, 3.63) is 0 Å². The van der Waals surface area contributed by atoms with Crippen molar-refractivity contribution >= 4 is 0 Å². The molecule has 0 bridgehead atoms. The highest BCUT2D eigenvalue weighted by Gasteiger charge is 2.16. The van der Waals surface area contributed by atoms with Crippen molar-refractivity contribution in [1.82, 2.24) is 4.90 Å². The van der Waals surface area contributed by atoms with Crippen LogP contribution in [0.3, 0.4) is 0 Å². The molecule has 1 rings (SSSR count). The van der Waals surface area contributed by atoms with Gasteiger partial charge in [0.05, 0.1) is 18.3 Å². The molecule has 0 saturated heterocycles. The van der Waals surface area contributed by atoms with E-state index in [0.717, 1.165) is 13.2 Å². The molecule has 1 saturated carbocycles. The molecule has 102 valence electrons. The standard InChI is InChI=1S/C14H29NO2/c1-14(2,16)12-15(3)10-11-17-13-8-6-4-5-7-9-13/h13,16H,4-12H2,1-3H3. The van der Waals surface area contributed by atoms with Crippen molar-refractivity contribution in [2.75, 3.05) is 26.7 Å². The van der Waals surface area contributed by atoms with Crippen molar-refractivity contribution in [2.45, 2.75) is 64.1 Å². The molecule has 0 aliphatic heterocycles. The highest BCUT2D eigenvalue weighted by atomic mass is 16.5. The van der Waals surface area contributed by atoms with Gasteiger partial charge in [0.2, 0.25) is 0 Å². The monoisotopic (exact) mass is 243 g/mol. The molecule has 0 amide bonds. The van der Waals surface area contributed by atoms with Crippen LogP contribution < -0.4 is 0 Å². The summed E-state index contributed by atoms with van der Waals surface area (Å²) in [7, 11) is 2.04. The minimum absolute atomic E-state index is 0.480. The van der Waals surface area contributed by atoms with E-state index in [0.29, 0.717) is 12.6 Å². The summed E-state index contributed by atoms with van der Waals surface area (Å²) in [6.07, 6.45) is 8.34. The first-order valence-corrected chi connectivity index (χ1v) is 7.00. The van der Waals surface area contributed by atoms with Crippen molar-refractivity contribution in [1.29, 1.82) is 0 Å². The number of nitrogens with zero attached hydrogens (tertiary/aromatic N) is 1. The van der Waals surface area contributed by atoms with Gasteiger partial charge >= 0.3 is 0 Å². The molecule has 1 N–H and O–H groups in total. The number of likely N-dealkylation sites (N-methyl/N-ethyl adjacent to an activating group) is 1. The van der Waals surface area contributed by atoms with Crippen LogP contribution in [0.2, 0.25) is 0 Å². The van der Waals surface area contributed by atoms with Gasteiger partial charge in [0.15, 0.2) is 0 Å².